The SMILES string of the molecule is O=C(CNc1ccc(Cl)c(Cl)c1)NC(=O)NC1CC1. The van der Waals surface area contributed by atoms with E-state index in [1.54, 1.807) is 18.2 Å². The Kier molecular flexibility index (Phi) is 4.50. The van der Waals surface area contributed by atoms with Crippen molar-refractivity contribution in [2.24, 2.45) is 0 Å². The van der Waals surface area contributed by atoms with Crippen LogP contribution in [0.25, 0.3) is 0 Å². The van der Waals surface area contributed by atoms with E-state index in [9.17, 15) is 9.59 Å². The Balaban J connectivity index is 1.75. The predicted octanol–water partition coefficient (Wildman–Crippen LogP) is 2.39. The molecule has 0 aliphatic heterocycles. The minimum Gasteiger partial charge on any atom is -0.376 e. The summed E-state index contributed by atoms with van der Waals surface area (Å²) in [6.07, 6.45) is 1.95. The van der Waals surface area contributed by atoms with Gasteiger partial charge in [-0.1, -0.05) is 23.2 Å². The van der Waals surface area contributed by atoms with Crippen LogP contribution in [0.3, 0.4) is 0 Å². The minimum atomic E-state index is -0.455. The predicted molar refractivity (Wildman–Crippen MR) is 74.6 cm³/mol. The lowest BCUT2D eigenvalue weighted by Gasteiger charge is -2.08. The van der Waals surface area contributed by atoms with Crippen LogP contribution in [0, 0.1) is 0 Å². The van der Waals surface area contributed by atoms with E-state index >= 15 is 0 Å². The molecule has 1 saturated carbocycles. The smallest absolute Gasteiger partial charge is 0.321 e. The van der Waals surface area contributed by atoms with Crippen LogP contribution in [-0.2, 0) is 4.79 Å². The molecule has 1 aromatic rings. The number of hydrogen-bond donors (Lipinski definition) is 3. The molecule has 0 bridgehead atoms. The summed E-state index contributed by atoms with van der Waals surface area (Å²) >= 11 is 11.6. The number of carbonyl (C=O) groups is 2. The van der Waals surface area contributed by atoms with E-state index in [4.69, 9.17) is 23.2 Å². The van der Waals surface area contributed by atoms with Crippen molar-refractivity contribution in [2.45, 2.75) is 18.9 Å². The summed E-state index contributed by atoms with van der Waals surface area (Å²) in [6, 6.07) is 4.70. The Morgan fingerprint density at radius 2 is 1.95 bits per heavy atom. The number of nitrogens with one attached hydrogen (secondary N) is 3. The van der Waals surface area contributed by atoms with Crippen molar-refractivity contribution in [2.75, 3.05) is 11.9 Å². The summed E-state index contributed by atoms with van der Waals surface area (Å²) in [4.78, 5) is 22.8. The first kappa shape index (κ1) is 14.0. The van der Waals surface area contributed by atoms with Crippen LogP contribution in [0.15, 0.2) is 18.2 Å². The lowest BCUT2D eigenvalue weighted by Crippen LogP contribution is -2.42. The van der Waals surface area contributed by atoms with E-state index in [0.29, 0.717) is 15.7 Å². The van der Waals surface area contributed by atoms with Crippen LogP contribution in [-0.4, -0.2) is 24.5 Å². The molecule has 1 aliphatic carbocycles. The lowest BCUT2D eigenvalue weighted by atomic mass is 10.3. The van der Waals surface area contributed by atoms with Gasteiger partial charge in [-0.05, 0) is 31.0 Å². The normalized spacial score (nSPS) is 13.8. The second-order valence-corrected chi connectivity index (χ2v) is 5.09. The monoisotopic (exact) mass is 301 g/mol. The number of amides is 3. The van der Waals surface area contributed by atoms with Crippen LogP contribution in [0.1, 0.15) is 12.8 Å². The Labute approximate surface area is 120 Å². The fourth-order valence-electron chi connectivity index (χ4n) is 1.41. The number of anilines is 1. The fourth-order valence-corrected chi connectivity index (χ4v) is 1.71. The summed E-state index contributed by atoms with van der Waals surface area (Å²) in [5, 5.41) is 8.60. The van der Waals surface area contributed by atoms with Crippen molar-refractivity contribution >= 4 is 40.8 Å². The molecule has 0 aromatic heterocycles. The molecule has 1 aliphatic rings. The molecular weight excluding hydrogens is 289 g/mol. The zero-order valence-corrected chi connectivity index (χ0v) is 11.5. The van der Waals surface area contributed by atoms with Gasteiger partial charge in [0, 0.05) is 11.7 Å². The van der Waals surface area contributed by atoms with E-state index in [1.165, 1.54) is 0 Å². The molecule has 1 aromatic carbocycles. The summed E-state index contributed by atoms with van der Waals surface area (Å²) < 4.78 is 0. The molecule has 3 N–H and O–H groups in total. The van der Waals surface area contributed by atoms with Crippen molar-refractivity contribution in [1.29, 1.82) is 0 Å². The summed E-state index contributed by atoms with van der Waals surface area (Å²) in [5.41, 5.74) is 0.659. The molecule has 0 unspecified atom stereocenters. The number of halogens is 2. The van der Waals surface area contributed by atoms with Gasteiger partial charge < -0.3 is 10.6 Å². The highest BCUT2D eigenvalue weighted by atomic mass is 35.5. The van der Waals surface area contributed by atoms with Gasteiger partial charge in [0.05, 0.1) is 16.6 Å². The van der Waals surface area contributed by atoms with Gasteiger partial charge in [0.1, 0.15) is 0 Å². The average molecular weight is 302 g/mol. The Morgan fingerprint density at radius 1 is 1.21 bits per heavy atom. The van der Waals surface area contributed by atoms with Crippen LogP contribution < -0.4 is 16.0 Å². The lowest BCUT2D eigenvalue weighted by molar-refractivity contribution is -0.118. The molecule has 0 spiro atoms. The Bertz CT molecular complexity index is 504. The number of carbonyl (C=O) groups excluding carboxylic acids is 2. The van der Waals surface area contributed by atoms with E-state index in [0.717, 1.165) is 12.8 Å². The van der Waals surface area contributed by atoms with Gasteiger partial charge >= 0.3 is 6.03 Å². The number of urea groups is 1. The maximum Gasteiger partial charge on any atom is 0.321 e. The zero-order valence-electron chi connectivity index (χ0n) is 10.0. The molecular formula is C12H13Cl2N3O2. The van der Waals surface area contributed by atoms with E-state index in [-0.39, 0.29) is 12.6 Å². The first-order valence-electron chi connectivity index (χ1n) is 5.84. The molecule has 2 rings (SSSR count). The molecule has 0 heterocycles. The van der Waals surface area contributed by atoms with Crippen LogP contribution in [0.4, 0.5) is 10.5 Å². The third-order valence-corrected chi connectivity index (χ3v) is 3.28. The number of benzene rings is 1. The first-order valence-corrected chi connectivity index (χ1v) is 6.59. The maximum atomic E-state index is 11.5. The minimum absolute atomic E-state index is 0.0178. The topological polar surface area (TPSA) is 70.2 Å². The molecule has 7 heteroatoms. The fraction of sp³-hybridized carbons (Fsp3) is 0.333. The zero-order chi connectivity index (χ0) is 13.8. The van der Waals surface area contributed by atoms with Crippen molar-refractivity contribution in [3.8, 4) is 0 Å². The number of imide groups is 1. The highest BCUT2D eigenvalue weighted by Gasteiger charge is 2.23. The third kappa shape index (κ3) is 4.61. The quantitative estimate of drug-likeness (QED) is 0.800. The van der Waals surface area contributed by atoms with Gasteiger partial charge in [-0.25, -0.2) is 4.79 Å². The van der Waals surface area contributed by atoms with E-state index in [1.807, 2.05) is 0 Å². The van der Waals surface area contributed by atoms with Crippen LogP contribution >= 0.6 is 23.2 Å². The molecule has 102 valence electrons. The summed E-state index contributed by atoms with van der Waals surface area (Å²) in [7, 11) is 0. The molecule has 0 radical (unpaired) electrons. The van der Waals surface area contributed by atoms with Gasteiger partial charge in [-0.3, -0.25) is 10.1 Å². The largest absolute Gasteiger partial charge is 0.376 e. The van der Waals surface area contributed by atoms with Crippen molar-refractivity contribution < 1.29 is 9.59 Å². The molecule has 1 fully saturated rings. The first-order chi connectivity index (χ1) is 9.04. The molecule has 0 atom stereocenters. The van der Waals surface area contributed by atoms with Crippen molar-refractivity contribution in [3.05, 3.63) is 28.2 Å². The van der Waals surface area contributed by atoms with Gasteiger partial charge in [0.15, 0.2) is 0 Å². The third-order valence-electron chi connectivity index (χ3n) is 2.54. The standard InChI is InChI=1S/C12H13Cl2N3O2/c13-9-4-3-8(5-10(9)14)15-6-11(18)17-12(19)16-7-1-2-7/h3-5,7,15H,1-2,6H2,(H2,16,17,18,19). The Hall–Kier alpha value is -1.46. The van der Waals surface area contributed by atoms with Crippen LogP contribution in [0.2, 0.25) is 10.0 Å². The molecule has 19 heavy (non-hydrogen) atoms. The number of rotatable bonds is 4. The van der Waals surface area contributed by atoms with E-state index < -0.39 is 11.9 Å². The van der Waals surface area contributed by atoms with Crippen molar-refractivity contribution in [1.82, 2.24) is 10.6 Å². The van der Waals surface area contributed by atoms with Gasteiger partial charge in [0.25, 0.3) is 0 Å². The van der Waals surface area contributed by atoms with Gasteiger partial charge in [-0.15, -0.1) is 0 Å². The Morgan fingerprint density at radius 3 is 2.58 bits per heavy atom. The van der Waals surface area contributed by atoms with Gasteiger partial charge in [0.2, 0.25) is 5.91 Å². The second-order valence-electron chi connectivity index (χ2n) is 4.28. The maximum absolute atomic E-state index is 11.5. The highest BCUT2D eigenvalue weighted by molar-refractivity contribution is 6.42. The molecule has 5 nitrogen and oxygen atoms in total. The summed E-state index contributed by atoms with van der Waals surface area (Å²) in [6.45, 7) is -0.0178. The van der Waals surface area contributed by atoms with Crippen molar-refractivity contribution in [3.63, 3.8) is 0 Å². The van der Waals surface area contributed by atoms with E-state index in [2.05, 4.69) is 16.0 Å². The summed E-state index contributed by atoms with van der Waals surface area (Å²) in [5.74, 6) is -0.413. The second kappa shape index (κ2) is 6.12. The van der Waals surface area contributed by atoms with Gasteiger partial charge in [-0.2, -0.15) is 0 Å². The molecule has 0 saturated heterocycles. The van der Waals surface area contributed by atoms with Crippen LogP contribution in [0.5, 0.6) is 0 Å². The number of hydrogen-bond acceptors (Lipinski definition) is 3. The average Bonchev–Trinajstić information content (AvgIpc) is 3.14. The highest BCUT2D eigenvalue weighted by Crippen LogP contribution is 2.24. The molecule has 3 amide bonds.